The van der Waals surface area contributed by atoms with E-state index in [-0.39, 0.29) is 36.7 Å². The summed E-state index contributed by atoms with van der Waals surface area (Å²) in [5.41, 5.74) is 5.83. The van der Waals surface area contributed by atoms with E-state index in [1.54, 1.807) is 13.0 Å². The molecule has 96 valence electrons. The van der Waals surface area contributed by atoms with Gasteiger partial charge in [0, 0.05) is 0 Å². The first-order chi connectivity index (χ1) is 7.58. The van der Waals surface area contributed by atoms with Crippen LogP contribution in [0.1, 0.15) is 18.5 Å². The predicted molar refractivity (Wildman–Crippen MR) is 65.8 cm³/mol. The Balaban J connectivity index is 0.00000256. The number of nitrogens with two attached hydrogens (primary N) is 1. The average molecular weight is 263 g/mol. The maximum atomic E-state index is 13.4. The van der Waals surface area contributed by atoms with Crippen LogP contribution in [0.15, 0.2) is 18.2 Å². The molecule has 17 heavy (non-hydrogen) atoms. The number of carbonyl (C=O) groups excluding carboxylic acids is 1. The molecule has 0 aliphatic rings. The van der Waals surface area contributed by atoms with E-state index in [1.807, 2.05) is 0 Å². The normalized spacial score (nSPS) is 11.3. The number of amides is 1. The first kappa shape index (κ1) is 15.7. The molecule has 0 aliphatic carbocycles. The molecule has 1 unspecified atom stereocenters. The highest BCUT2D eigenvalue weighted by Crippen LogP contribution is 2.21. The standard InChI is InChI=1S/C11H15FN2O2.ClH/c1-7(14-11(15)6-13)8-3-4-10(16-2)9(12)5-8;/h3-5,7H,6,13H2,1-2H3,(H,14,15);1H. The van der Waals surface area contributed by atoms with Gasteiger partial charge >= 0.3 is 0 Å². The highest BCUT2D eigenvalue weighted by atomic mass is 35.5. The molecule has 1 rings (SSSR count). The summed E-state index contributed by atoms with van der Waals surface area (Å²) in [6.07, 6.45) is 0. The van der Waals surface area contributed by atoms with Gasteiger partial charge in [0.25, 0.3) is 0 Å². The summed E-state index contributed by atoms with van der Waals surface area (Å²) >= 11 is 0. The molecule has 0 saturated carbocycles. The van der Waals surface area contributed by atoms with Crippen molar-refractivity contribution in [3.8, 4) is 5.75 Å². The molecule has 3 N–H and O–H groups in total. The molecule has 0 saturated heterocycles. The number of carbonyl (C=O) groups is 1. The van der Waals surface area contributed by atoms with Gasteiger partial charge in [-0.15, -0.1) is 12.4 Å². The molecule has 0 radical (unpaired) electrons. The van der Waals surface area contributed by atoms with Crippen LogP contribution in [0, 0.1) is 5.82 Å². The smallest absolute Gasteiger partial charge is 0.234 e. The zero-order valence-corrected chi connectivity index (χ0v) is 10.5. The summed E-state index contributed by atoms with van der Waals surface area (Å²) in [7, 11) is 1.40. The van der Waals surface area contributed by atoms with Crippen molar-refractivity contribution in [3.05, 3.63) is 29.6 Å². The minimum atomic E-state index is -0.450. The molecule has 0 fully saturated rings. The third kappa shape index (κ3) is 4.20. The number of methoxy groups -OCH3 is 1. The molecule has 0 bridgehead atoms. The van der Waals surface area contributed by atoms with E-state index < -0.39 is 5.82 Å². The first-order valence-electron chi connectivity index (χ1n) is 4.91. The van der Waals surface area contributed by atoms with Crippen molar-refractivity contribution >= 4 is 18.3 Å². The molecule has 1 amide bonds. The van der Waals surface area contributed by atoms with Gasteiger partial charge in [0.1, 0.15) is 0 Å². The van der Waals surface area contributed by atoms with Crippen LogP contribution in [-0.4, -0.2) is 19.6 Å². The van der Waals surface area contributed by atoms with E-state index >= 15 is 0 Å². The fourth-order valence-electron chi connectivity index (χ4n) is 1.34. The zero-order chi connectivity index (χ0) is 12.1. The maximum absolute atomic E-state index is 13.4. The number of rotatable bonds is 4. The Bertz CT molecular complexity index is 388. The summed E-state index contributed by atoms with van der Waals surface area (Å²) in [5.74, 6) is -0.543. The van der Waals surface area contributed by atoms with Crippen molar-refractivity contribution in [2.45, 2.75) is 13.0 Å². The van der Waals surface area contributed by atoms with Crippen LogP contribution in [0.2, 0.25) is 0 Å². The second-order valence-corrected chi connectivity index (χ2v) is 3.39. The van der Waals surface area contributed by atoms with Gasteiger partial charge in [-0.1, -0.05) is 6.07 Å². The Labute approximate surface area is 106 Å². The summed E-state index contributed by atoms with van der Waals surface area (Å²) in [6.45, 7) is 1.68. The van der Waals surface area contributed by atoms with Gasteiger partial charge in [0.05, 0.1) is 19.7 Å². The Morgan fingerprint density at radius 3 is 2.71 bits per heavy atom. The lowest BCUT2D eigenvalue weighted by molar-refractivity contribution is -0.120. The third-order valence-corrected chi connectivity index (χ3v) is 2.24. The lowest BCUT2D eigenvalue weighted by Crippen LogP contribution is -2.32. The maximum Gasteiger partial charge on any atom is 0.234 e. The molecule has 0 spiro atoms. The lowest BCUT2D eigenvalue weighted by Gasteiger charge is -2.14. The predicted octanol–water partition coefficient (Wildman–Crippen LogP) is 1.39. The fourth-order valence-corrected chi connectivity index (χ4v) is 1.34. The minimum absolute atomic E-state index is 0. The largest absolute Gasteiger partial charge is 0.494 e. The number of ether oxygens (including phenoxy) is 1. The van der Waals surface area contributed by atoms with Gasteiger partial charge in [-0.05, 0) is 24.6 Å². The summed E-state index contributed by atoms with van der Waals surface area (Å²) < 4.78 is 18.2. The van der Waals surface area contributed by atoms with E-state index in [0.717, 1.165) is 0 Å². The van der Waals surface area contributed by atoms with Crippen molar-refractivity contribution < 1.29 is 13.9 Å². The Hall–Kier alpha value is -1.33. The van der Waals surface area contributed by atoms with Crippen molar-refractivity contribution in [1.29, 1.82) is 0 Å². The van der Waals surface area contributed by atoms with Crippen molar-refractivity contribution in [2.75, 3.05) is 13.7 Å². The zero-order valence-electron chi connectivity index (χ0n) is 9.70. The Kier molecular flexibility index (Phi) is 6.53. The van der Waals surface area contributed by atoms with Gasteiger partial charge in [-0.3, -0.25) is 4.79 Å². The second kappa shape index (κ2) is 7.09. The number of hydrogen-bond acceptors (Lipinski definition) is 3. The fraction of sp³-hybridized carbons (Fsp3) is 0.364. The molecule has 0 aromatic heterocycles. The molecular weight excluding hydrogens is 247 g/mol. The quantitative estimate of drug-likeness (QED) is 0.862. The highest BCUT2D eigenvalue weighted by Gasteiger charge is 2.11. The van der Waals surface area contributed by atoms with Gasteiger partial charge in [-0.25, -0.2) is 4.39 Å². The molecule has 6 heteroatoms. The van der Waals surface area contributed by atoms with Crippen LogP contribution in [-0.2, 0) is 4.79 Å². The summed E-state index contributed by atoms with van der Waals surface area (Å²) in [4.78, 5) is 11.0. The van der Waals surface area contributed by atoms with E-state index in [1.165, 1.54) is 19.2 Å². The average Bonchev–Trinajstić information content (AvgIpc) is 2.28. The van der Waals surface area contributed by atoms with Crippen LogP contribution in [0.25, 0.3) is 0 Å². The molecule has 1 aromatic carbocycles. The van der Waals surface area contributed by atoms with Crippen molar-refractivity contribution in [1.82, 2.24) is 5.32 Å². The third-order valence-electron chi connectivity index (χ3n) is 2.24. The van der Waals surface area contributed by atoms with Crippen molar-refractivity contribution in [2.24, 2.45) is 5.73 Å². The molecule has 1 aromatic rings. The number of benzene rings is 1. The monoisotopic (exact) mass is 262 g/mol. The van der Waals surface area contributed by atoms with E-state index in [4.69, 9.17) is 10.5 Å². The van der Waals surface area contributed by atoms with Crippen LogP contribution >= 0.6 is 12.4 Å². The van der Waals surface area contributed by atoms with Crippen LogP contribution < -0.4 is 15.8 Å². The molecule has 4 nitrogen and oxygen atoms in total. The van der Waals surface area contributed by atoms with Crippen molar-refractivity contribution in [3.63, 3.8) is 0 Å². The number of nitrogens with one attached hydrogen (secondary N) is 1. The second-order valence-electron chi connectivity index (χ2n) is 3.39. The lowest BCUT2D eigenvalue weighted by atomic mass is 10.1. The van der Waals surface area contributed by atoms with Crippen LogP contribution in [0.3, 0.4) is 0 Å². The van der Waals surface area contributed by atoms with Gasteiger partial charge < -0.3 is 15.8 Å². The van der Waals surface area contributed by atoms with Gasteiger partial charge in [0.2, 0.25) is 5.91 Å². The Morgan fingerprint density at radius 1 is 1.59 bits per heavy atom. The van der Waals surface area contributed by atoms with E-state index in [9.17, 15) is 9.18 Å². The molecule has 0 heterocycles. The van der Waals surface area contributed by atoms with Gasteiger partial charge in [0.15, 0.2) is 11.6 Å². The minimum Gasteiger partial charge on any atom is -0.494 e. The molecular formula is C11H16ClFN2O2. The van der Waals surface area contributed by atoms with Crippen LogP contribution in [0.4, 0.5) is 4.39 Å². The van der Waals surface area contributed by atoms with E-state index in [0.29, 0.717) is 5.56 Å². The van der Waals surface area contributed by atoms with E-state index in [2.05, 4.69) is 5.32 Å². The van der Waals surface area contributed by atoms with Crippen LogP contribution in [0.5, 0.6) is 5.75 Å². The summed E-state index contributed by atoms with van der Waals surface area (Å²) in [6, 6.07) is 4.27. The topological polar surface area (TPSA) is 64.3 Å². The molecule has 1 atom stereocenters. The molecule has 0 aliphatic heterocycles. The number of halogens is 2. The first-order valence-corrected chi connectivity index (χ1v) is 4.91. The summed E-state index contributed by atoms with van der Waals surface area (Å²) in [5, 5.41) is 2.64. The Morgan fingerprint density at radius 2 is 2.24 bits per heavy atom. The SMILES string of the molecule is COc1ccc(C(C)NC(=O)CN)cc1F.Cl. The number of hydrogen-bond donors (Lipinski definition) is 2. The van der Waals surface area contributed by atoms with Gasteiger partial charge in [-0.2, -0.15) is 0 Å². The highest BCUT2D eigenvalue weighted by molar-refractivity contribution is 5.85.